The van der Waals surface area contributed by atoms with Crippen molar-refractivity contribution in [1.29, 1.82) is 0 Å². The Morgan fingerprint density at radius 1 is 1.25 bits per heavy atom. The molecule has 0 aromatic heterocycles. The van der Waals surface area contributed by atoms with Gasteiger partial charge in [-0.2, -0.15) is 0 Å². The smallest absolute Gasteiger partial charge is 0.303 e. The summed E-state index contributed by atoms with van der Waals surface area (Å²) in [7, 11) is 0. The van der Waals surface area contributed by atoms with Crippen LogP contribution in [0.1, 0.15) is 38.0 Å². The topological polar surface area (TPSA) is 52.6 Å². The molecule has 0 aliphatic heterocycles. The number of esters is 2. The van der Waals surface area contributed by atoms with Crippen molar-refractivity contribution >= 4 is 18.0 Å². The van der Waals surface area contributed by atoms with E-state index >= 15 is 0 Å². The average Bonchev–Trinajstić information content (AvgIpc) is 2.42. The van der Waals surface area contributed by atoms with Gasteiger partial charge in [0.15, 0.2) is 0 Å². The van der Waals surface area contributed by atoms with E-state index in [9.17, 15) is 9.59 Å². The van der Waals surface area contributed by atoms with Crippen molar-refractivity contribution in [3.63, 3.8) is 0 Å². The molecule has 0 radical (unpaired) electrons. The van der Waals surface area contributed by atoms with E-state index in [1.807, 2.05) is 31.2 Å². The van der Waals surface area contributed by atoms with Crippen molar-refractivity contribution in [2.24, 2.45) is 5.92 Å². The van der Waals surface area contributed by atoms with Crippen LogP contribution in [-0.2, 0) is 19.1 Å². The Labute approximate surface area is 119 Å². The Bertz CT molecular complexity index is 493. The molecule has 0 saturated heterocycles. The molecule has 0 N–H and O–H groups in total. The lowest BCUT2D eigenvalue weighted by atomic mass is 9.93. The minimum absolute atomic E-state index is 0.149. The van der Waals surface area contributed by atoms with Crippen LogP contribution >= 0.6 is 0 Å². The molecule has 4 heteroatoms. The molecule has 0 spiro atoms. The highest BCUT2D eigenvalue weighted by Crippen LogP contribution is 2.30. The molecule has 108 valence electrons. The SMILES string of the molecule is C=Cc1ccccc1C(OC(C)=O)C(C)COC(C)=O. The van der Waals surface area contributed by atoms with Crippen molar-refractivity contribution in [3.05, 3.63) is 42.0 Å². The van der Waals surface area contributed by atoms with Gasteiger partial charge in [-0.05, 0) is 5.56 Å². The largest absolute Gasteiger partial charge is 0.465 e. The van der Waals surface area contributed by atoms with Crippen molar-refractivity contribution in [3.8, 4) is 0 Å². The molecule has 0 bridgehead atoms. The first-order valence-electron chi connectivity index (χ1n) is 6.47. The van der Waals surface area contributed by atoms with Crippen molar-refractivity contribution in [1.82, 2.24) is 0 Å². The van der Waals surface area contributed by atoms with E-state index < -0.39 is 6.10 Å². The Hall–Kier alpha value is -2.10. The first-order chi connectivity index (χ1) is 9.45. The second kappa shape index (κ2) is 7.48. The zero-order chi connectivity index (χ0) is 15.1. The highest BCUT2D eigenvalue weighted by molar-refractivity contribution is 5.67. The molecule has 1 aromatic rings. The van der Waals surface area contributed by atoms with Gasteiger partial charge in [-0.3, -0.25) is 9.59 Å². The van der Waals surface area contributed by atoms with Crippen LogP contribution < -0.4 is 0 Å². The zero-order valence-corrected chi connectivity index (χ0v) is 12.1. The summed E-state index contributed by atoms with van der Waals surface area (Å²) < 4.78 is 10.4. The van der Waals surface area contributed by atoms with Crippen LogP contribution in [0.4, 0.5) is 0 Å². The fourth-order valence-corrected chi connectivity index (χ4v) is 1.96. The number of hydrogen-bond donors (Lipinski definition) is 0. The van der Waals surface area contributed by atoms with Crippen LogP contribution in [0.15, 0.2) is 30.8 Å². The molecule has 4 nitrogen and oxygen atoms in total. The summed E-state index contributed by atoms with van der Waals surface area (Å²) >= 11 is 0. The quantitative estimate of drug-likeness (QED) is 0.749. The maximum absolute atomic E-state index is 11.3. The summed E-state index contributed by atoms with van der Waals surface area (Å²) in [4.78, 5) is 22.2. The lowest BCUT2D eigenvalue weighted by Crippen LogP contribution is -2.22. The number of carbonyl (C=O) groups excluding carboxylic acids is 2. The Morgan fingerprint density at radius 3 is 2.45 bits per heavy atom. The molecular formula is C16H20O4. The van der Waals surface area contributed by atoms with Gasteiger partial charge >= 0.3 is 11.9 Å². The van der Waals surface area contributed by atoms with Gasteiger partial charge in [0.1, 0.15) is 6.10 Å². The molecular weight excluding hydrogens is 256 g/mol. The van der Waals surface area contributed by atoms with Gasteiger partial charge in [-0.15, -0.1) is 0 Å². The molecule has 0 aliphatic rings. The van der Waals surface area contributed by atoms with Crippen LogP contribution in [0.2, 0.25) is 0 Å². The molecule has 1 aromatic carbocycles. The highest BCUT2D eigenvalue weighted by atomic mass is 16.6. The van der Waals surface area contributed by atoms with Crippen LogP contribution in [-0.4, -0.2) is 18.5 Å². The molecule has 0 amide bonds. The predicted octanol–water partition coefficient (Wildman–Crippen LogP) is 3.13. The molecule has 0 aliphatic carbocycles. The van der Waals surface area contributed by atoms with E-state index in [1.54, 1.807) is 6.08 Å². The number of ether oxygens (including phenoxy) is 2. The molecule has 2 unspecified atom stereocenters. The Balaban J connectivity index is 3.01. The summed E-state index contributed by atoms with van der Waals surface area (Å²) in [6.07, 6.45) is 1.24. The number of hydrogen-bond acceptors (Lipinski definition) is 4. The van der Waals surface area contributed by atoms with Crippen molar-refractivity contribution in [2.75, 3.05) is 6.61 Å². The molecule has 0 fully saturated rings. The van der Waals surface area contributed by atoms with Gasteiger partial charge in [-0.25, -0.2) is 0 Å². The first-order valence-corrected chi connectivity index (χ1v) is 6.47. The zero-order valence-electron chi connectivity index (χ0n) is 12.1. The maximum Gasteiger partial charge on any atom is 0.303 e. The van der Waals surface area contributed by atoms with Gasteiger partial charge in [0.2, 0.25) is 0 Å². The minimum Gasteiger partial charge on any atom is -0.465 e. The van der Waals surface area contributed by atoms with Gasteiger partial charge < -0.3 is 9.47 Å². The number of rotatable bonds is 6. The molecule has 2 atom stereocenters. The number of carbonyl (C=O) groups is 2. The highest BCUT2D eigenvalue weighted by Gasteiger charge is 2.25. The van der Waals surface area contributed by atoms with Crippen molar-refractivity contribution in [2.45, 2.75) is 26.9 Å². The second-order valence-corrected chi connectivity index (χ2v) is 4.64. The van der Waals surface area contributed by atoms with Crippen LogP contribution in [0.25, 0.3) is 6.08 Å². The van der Waals surface area contributed by atoms with Gasteiger partial charge in [0.25, 0.3) is 0 Å². The lowest BCUT2D eigenvalue weighted by molar-refractivity contribution is -0.152. The summed E-state index contributed by atoms with van der Waals surface area (Å²) in [5.74, 6) is -0.872. The van der Waals surface area contributed by atoms with Gasteiger partial charge in [-0.1, -0.05) is 43.8 Å². The molecule has 0 saturated carbocycles. The summed E-state index contributed by atoms with van der Waals surface area (Å²) in [6.45, 7) is 8.54. The molecule has 0 heterocycles. The summed E-state index contributed by atoms with van der Waals surface area (Å²) in [6, 6.07) is 7.55. The van der Waals surface area contributed by atoms with Crippen LogP contribution in [0.5, 0.6) is 0 Å². The van der Waals surface area contributed by atoms with E-state index in [0.29, 0.717) is 0 Å². The minimum atomic E-state index is -0.471. The fourth-order valence-electron chi connectivity index (χ4n) is 1.96. The predicted molar refractivity (Wildman–Crippen MR) is 76.8 cm³/mol. The third-order valence-electron chi connectivity index (χ3n) is 2.88. The van der Waals surface area contributed by atoms with Crippen LogP contribution in [0, 0.1) is 5.92 Å². The van der Waals surface area contributed by atoms with E-state index in [2.05, 4.69) is 6.58 Å². The number of benzene rings is 1. The van der Waals surface area contributed by atoms with E-state index in [1.165, 1.54) is 13.8 Å². The Morgan fingerprint density at radius 2 is 1.90 bits per heavy atom. The maximum atomic E-state index is 11.3. The fraction of sp³-hybridized carbons (Fsp3) is 0.375. The standard InChI is InChI=1S/C16H20O4/c1-5-14-8-6-7-9-15(14)16(20-13(4)18)11(2)10-19-12(3)17/h5-9,11,16H,1,10H2,2-4H3. The lowest BCUT2D eigenvalue weighted by Gasteiger charge is -2.25. The molecule has 1 rings (SSSR count). The normalized spacial score (nSPS) is 13.2. The second-order valence-electron chi connectivity index (χ2n) is 4.64. The van der Waals surface area contributed by atoms with Gasteiger partial charge in [0.05, 0.1) is 6.61 Å². The van der Waals surface area contributed by atoms with E-state index in [0.717, 1.165) is 11.1 Å². The summed E-state index contributed by atoms with van der Waals surface area (Å²) in [5, 5.41) is 0. The van der Waals surface area contributed by atoms with E-state index in [-0.39, 0.29) is 24.5 Å². The van der Waals surface area contributed by atoms with Crippen LogP contribution in [0.3, 0.4) is 0 Å². The third-order valence-corrected chi connectivity index (χ3v) is 2.88. The monoisotopic (exact) mass is 276 g/mol. The Kier molecular flexibility index (Phi) is 5.97. The third kappa shape index (κ3) is 4.53. The average molecular weight is 276 g/mol. The summed E-state index contributed by atoms with van der Waals surface area (Å²) in [5.41, 5.74) is 1.76. The molecule has 20 heavy (non-hydrogen) atoms. The van der Waals surface area contributed by atoms with Gasteiger partial charge in [0, 0.05) is 25.3 Å². The van der Waals surface area contributed by atoms with Crippen molar-refractivity contribution < 1.29 is 19.1 Å². The van der Waals surface area contributed by atoms with E-state index in [4.69, 9.17) is 9.47 Å². The first kappa shape index (κ1) is 16.0.